The van der Waals surface area contributed by atoms with Gasteiger partial charge in [0, 0.05) is 40.3 Å². The lowest BCUT2D eigenvalue weighted by molar-refractivity contribution is -0.142. The van der Waals surface area contributed by atoms with Gasteiger partial charge in [0.1, 0.15) is 0 Å². The number of fused-ring (bicyclic) bond motifs is 2. The molecule has 1 saturated carbocycles. The van der Waals surface area contributed by atoms with Gasteiger partial charge in [-0.2, -0.15) is 0 Å². The van der Waals surface area contributed by atoms with Crippen LogP contribution in [0.25, 0.3) is 20.2 Å². The highest BCUT2D eigenvalue weighted by atomic mass is 32.1. The van der Waals surface area contributed by atoms with Crippen molar-refractivity contribution in [2.24, 2.45) is 17.8 Å². The van der Waals surface area contributed by atoms with Crippen LogP contribution in [0, 0.1) is 17.8 Å². The molecular weight excluding hydrogens is 608 g/mol. The Labute approximate surface area is 261 Å². The van der Waals surface area contributed by atoms with Crippen LogP contribution in [0.2, 0.25) is 0 Å². The summed E-state index contributed by atoms with van der Waals surface area (Å²) in [5, 5.41) is 10.8. The Morgan fingerprint density at radius 3 is 1.86 bits per heavy atom. The Morgan fingerprint density at radius 1 is 0.795 bits per heavy atom. The Bertz CT molecular complexity index is 1740. The number of aliphatic carboxylic acids is 1. The number of methoxy groups -OCH3 is 3. The highest BCUT2D eigenvalue weighted by Crippen LogP contribution is 2.44. The number of carboxylic acids is 1. The standard InChI is InChI=1S/C32H32O10S2/c1-16(31(35)36)8-21(33)28-11-17-9-24(22(38-2)14-26(17)43-28)41-6-5-7-42-25-10-18-12-29(44-27(18)15-23(25)39-3)30(34)19-13-20(19)32(37)40-4/h9-12,14-16,19-20H,5-8,13H2,1-4H3,(H,35,36)/t16-,19-,20+/m0/s1. The van der Waals surface area contributed by atoms with Crippen molar-refractivity contribution in [3.63, 3.8) is 0 Å². The van der Waals surface area contributed by atoms with Gasteiger partial charge < -0.3 is 28.8 Å². The van der Waals surface area contributed by atoms with Gasteiger partial charge in [0.2, 0.25) is 0 Å². The molecule has 2 aromatic heterocycles. The van der Waals surface area contributed by atoms with Crippen LogP contribution in [0.15, 0.2) is 36.4 Å². The third-order valence-corrected chi connectivity index (χ3v) is 9.72. The van der Waals surface area contributed by atoms with E-state index in [0.29, 0.717) is 58.8 Å². The van der Waals surface area contributed by atoms with Gasteiger partial charge in [-0.25, -0.2) is 0 Å². The predicted molar refractivity (Wildman–Crippen MR) is 166 cm³/mol. The minimum Gasteiger partial charge on any atom is -0.493 e. The van der Waals surface area contributed by atoms with Crippen LogP contribution in [0.1, 0.15) is 45.5 Å². The van der Waals surface area contributed by atoms with Gasteiger partial charge in [-0.15, -0.1) is 22.7 Å². The minimum atomic E-state index is -1.00. The van der Waals surface area contributed by atoms with Crippen LogP contribution in [0.5, 0.6) is 23.0 Å². The van der Waals surface area contributed by atoms with Crippen molar-refractivity contribution >= 4 is 66.4 Å². The van der Waals surface area contributed by atoms with Crippen LogP contribution in [-0.2, 0) is 14.3 Å². The summed E-state index contributed by atoms with van der Waals surface area (Å²) in [5.74, 6) is -0.919. The molecule has 0 amide bonds. The molecule has 1 N–H and O–H groups in total. The van der Waals surface area contributed by atoms with Crippen molar-refractivity contribution in [3.8, 4) is 23.0 Å². The zero-order chi connectivity index (χ0) is 31.5. The van der Waals surface area contributed by atoms with Crippen LogP contribution in [0.3, 0.4) is 0 Å². The van der Waals surface area contributed by atoms with E-state index in [1.165, 1.54) is 36.7 Å². The third kappa shape index (κ3) is 6.66. The smallest absolute Gasteiger partial charge is 0.309 e. The monoisotopic (exact) mass is 640 g/mol. The molecule has 3 atom stereocenters. The van der Waals surface area contributed by atoms with Crippen LogP contribution >= 0.6 is 22.7 Å². The van der Waals surface area contributed by atoms with E-state index in [1.807, 2.05) is 30.3 Å². The van der Waals surface area contributed by atoms with Crippen molar-refractivity contribution < 1.29 is 48.0 Å². The van der Waals surface area contributed by atoms with Gasteiger partial charge in [-0.05, 0) is 41.5 Å². The average molecular weight is 641 g/mol. The molecule has 0 radical (unpaired) electrons. The second-order valence-corrected chi connectivity index (χ2v) is 12.7. The summed E-state index contributed by atoms with van der Waals surface area (Å²) in [6.45, 7) is 2.18. The SMILES string of the molecule is COC(=O)[C@@H]1C[C@@H]1C(=O)c1cc2cc(OCCCOc3cc4cc(C(=O)C[C@H](C)C(=O)O)sc4cc3OC)c(OC)cc2s1. The molecule has 4 aromatic rings. The lowest BCUT2D eigenvalue weighted by Gasteiger charge is -2.13. The Morgan fingerprint density at radius 2 is 1.34 bits per heavy atom. The molecular formula is C32H32O10S2. The number of esters is 1. The number of carbonyl (C=O) groups is 4. The summed E-state index contributed by atoms with van der Waals surface area (Å²) >= 11 is 2.66. The molecule has 232 valence electrons. The van der Waals surface area contributed by atoms with E-state index in [0.717, 1.165) is 20.2 Å². The first-order valence-electron chi connectivity index (χ1n) is 14.0. The summed E-state index contributed by atoms with van der Waals surface area (Å²) in [7, 11) is 4.43. The molecule has 2 heterocycles. The normalized spacial score (nSPS) is 16.4. The summed E-state index contributed by atoms with van der Waals surface area (Å²) in [4.78, 5) is 49.5. The maximum atomic E-state index is 12.9. The summed E-state index contributed by atoms with van der Waals surface area (Å²) in [5.41, 5.74) is 0. The molecule has 12 heteroatoms. The summed E-state index contributed by atoms with van der Waals surface area (Å²) < 4.78 is 29.5. The zero-order valence-corrected chi connectivity index (χ0v) is 26.3. The molecule has 0 spiro atoms. The molecule has 1 aliphatic carbocycles. The lowest BCUT2D eigenvalue weighted by Crippen LogP contribution is -2.13. The Hall–Kier alpha value is -4.16. The molecule has 0 saturated heterocycles. The second-order valence-electron chi connectivity index (χ2n) is 10.6. The van der Waals surface area contributed by atoms with Crippen LogP contribution in [0.4, 0.5) is 0 Å². The van der Waals surface area contributed by atoms with E-state index in [4.69, 9.17) is 28.8 Å². The first-order valence-corrected chi connectivity index (χ1v) is 15.6. The Kier molecular flexibility index (Phi) is 9.40. The average Bonchev–Trinajstić information content (AvgIpc) is 3.53. The van der Waals surface area contributed by atoms with Crippen LogP contribution in [-0.4, -0.2) is 63.2 Å². The molecule has 10 nitrogen and oxygen atoms in total. The van der Waals surface area contributed by atoms with E-state index in [1.54, 1.807) is 20.3 Å². The van der Waals surface area contributed by atoms with Crippen molar-refractivity contribution in [1.82, 2.24) is 0 Å². The molecule has 5 rings (SSSR count). The summed E-state index contributed by atoms with van der Waals surface area (Å²) in [6.07, 6.45) is 0.998. The molecule has 1 aliphatic rings. The number of carboxylic acid groups (broad SMARTS) is 1. The van der Waals surface area contributed by atoms with Gasteiger partial charge >= 0.3 is 11.9 Å². The molecule has 2 aromatic carbocycles. The maximum Gasteiger partial charge on any atom is 0.309 e. The number of Topliss-reactive ketones (excluding diaryl/α,β-unsaturated/α-hetero) is 2. The summed E-state index contributed by atoms with van der Waals surface area (Å²) in [6, 6.07) is 10.9. The van der Waals surface area contributed by atoms with E-state index >= 15 is 0 Å². The number of hydrogen-bond acceptors (Lipinski definition) is 11. The maximum absolute atomic E-state index is 12.9. The van der Waals surface area contributed by atoms with Gasteiger partial charge in [0.05, 0.1) is 56.1 Å². The number of ketones is 2. The fourth-order valence-electron chi connectivity index (χ4n) is 4.87. The topological polar surface area (TPSA) is 135 Å². The van der Waals surface area contributed by atoms with Gasteiger partial charge in [-0.3, -0.25) is 19.2 Å². The first kappa shape index (κ1) is 31.3. The number of ether oxygens (including phenoxy) is 5. The first-order chi connectivity index (χ1) is 21.1. The van der Waals surface area contributed by atoms with Gasteiger partial charge in [0.25, 0.3) is 0 Å². The fourth-order valence-corrected chi connectivity index (χ4v) is 6.96. The third-order valence-electron chi connectivity index (χ3n) is 7.47. The number of rotatable bonds is 15. The number of carbonyl (C=O) groups excluding carboxylic acids is 3. The van der Waals surface area contributed by atoms with Gasteiger partial charge in [0.15, 0.2) is 34.6 Å². The predicted octanol–water partition coefficient (Wildman–Crippen LogP) is 6.27. The van der Waals surface area contributed by atoms with E-state index < -0.39 is 11.9 Å². The van der Waals surface area contributed by atoms with Crippen molar-refractivity contribution in [3.05, 3.63) is 46.2 Å². The molecule has 0 bridgehead atoms. The number of hydrogen-bond donors (Lipinski definition) is 1. The highest BCUT2D eigenvalue weighted by molar-refractivity contribution is 7.21. The van der Waals surface area contributed by atoms with Crippen molar-refractivity contribution in [1.29, 1.82) is 0 Å². The highest BCUT2D eigenvalue weighted by Gasteiger charge is 2.49. The van der Waals surface area contributed by atoms with E-state index in [9.17, 15) is 19.2 Å². The molecule has 44 heavy (non-hydrogen) atoms. The molecule has 0 unspecified atom stereocenters. The quantitative estimate of drug-likeness (QED) is 0.0900. The van der Waals surface area contributed by atoms with Gasteiger partial charge in [-0.1, -0.05) is 6.92 Å². The zero-order valence-electron chi connectivity index (χ0n) is 24.7. The minimum absolute atomic E-state index is 0.0492. The molecule has 0 aliphatic heterocycles. The number of benzene rings is 2. The van der Waals surface area contributed by atoms with E-state index in [2.05, 4.69) is 0 Å². The molecule has 1 fully saturated rings. The lowest BCUT2D eigenvalue weighted by atomic mass is 10.0. The Balaban J connectivity index is 1.19. The number of thiophene rings is 2. The van der Waals surface area contributed by atoms with Crippen LogP contribution < -0.4 is 18.9 Å². The van der Waals surface area contributed by atoms with Crippen molar-refractivity contribution in [2.75, 3.05) is 34.5 Å². The van der Waals surface area contributed by atoms with E-state index in [-0.39, 0.29) is 35.8 Å². The van der Waals surface area contributed by atoms with Crippen molar-refractivity contribution in [2.45, 2.75) is 26.2 Å². The largest absolute Gasteiger partial charge is 0.493 e. The second kappa shape index (κ2) is 13.2. The fraction of sp³-hybridized carbons (Fsp3) is 0.375.